The largest absolute Gasteiger partial charge is 0.483 e. The third-order valence-electron chi connectivity index (χ3n) is 2.94. The quantitative estimate of drug-likeness (QED) is 0.775. The summed E-state index contributed by atoms with van der Waals surface area (Å²) in [7, 11) is 1.53. The summed E-state index contributed by atoms with van der Waals surface area (Å²) >= 11 is 0. The van der Waals surface area contributed by atoms with Crippen LogP contribution in [0, 0.1) is 0 Å². The minimum Gasteiger partial charge on any atom is -0.483 e. The molecule has 1 heterocycles. The molecule has 0 spiro atoms. The van der Waals surface area contributed by atoms with Crippen molar-refractivity contribution in [3.63, 3.8) is 0 Å². The van der Waals surface area contributed by atoms with Gasteiger partial charge in [0, 0.05) is 13.1 Å². The van der Waals surface area contributed by atoms with Gasteiger partial charge in [-0.2, -0.15) is 0 Å². The first-order valence-electron chi connectivity index (χ1n) is 5.98. The summed E-state index contributed by atoms with van der Waals surface area (Å²) in [5.41, 5.74) is 0.578. The third kappa shape index (κ3) is 2.66. The van der Waals surface area contributed by atoms with Crippen molar-refractivity contribution in [3.8, 4) is 5.75 Å². The summed E-state index contributed by atoms with van der Waals surface area (Å²) < 4.78 is 6.78. The van der Waals surface area contributed by atoms with Gasteiger partial charge in [-0.25, -0.2) is 0 Å². The number of ether oxygens (including phenoxy) is 1. The van der Waals surface area contributed by atoms with E-state index in [4.69, 9.17) is 4.74 Å². The fourth-order valence-corrected chi connectivity index (χ4v) is 1.83. The van der Waals surface area contributed by atoms with Crippen LogP contribution in [-0.4, -0.2) is 17.1 Å². The molecule has 0 radical (unpaired) electrons. The molecule has 2 aromatic rings. The van der Waals surface area contributed by atoms with E-state index in [1.165, 1.54) is 11.6 Å². The van der Waals surface area contributed by atoms with Gasteiger partial charge in [0.05, 0.1) is 5.69 Å². The summed E-state index contributed by atoms with van der Waals surface area (Å²) in [5, 5.41) is 0. The van der Waals surface area contributed by atoms with E-state index >= 15 is 0 Å². The Hall–Kier alpha value is -2.69. The minimum atomic E-state index is -0.483. The Labute approximate surface area is 115 Å². The molecular formula is C15H13NO4. The predicted octanol–water partition coefficient (Wildman–Crippen LogP) is 1.59. The van der Waals surface area contributed by atoms with Gasteiger partial charge >= 0.3 is 0 Å². The second-order valence-corrected chi connectivity index (χ2v) is 4.22. The number of rotatable bonds is 5. The van der Waals surface area contributed by atoms with E-state index in [1.807, 2.05) is 30.3 Å². The van der Waals surface area contributed by atoms with Crippen LogP contribution in [0.1, 0.15) is 26.5 Å². The topological polar surface area (TPSA) is 65.4 Å². The fourth-order valence-electron chi connectivity index (χ4n) is 1.83. The van der Waals surface area contributed by atoms with Crippen LogP contribution in [0.5, 0.6) is 5.75 Å². The third-order valence-corrected chi connectivity index (χ3v) is 2.94. The van der Waals surface area contributed by atoms with Crippen LogP contribution in [-0.2, 0) is 13.7 Å². The molecule has 0 bridgehead atoms. The van der Waals surface area contributed by atoms with Gasteiger partial charge in [0.15, 0.2) is 18.3 Å². The van der Waals surface area contributed by atoms with Crippen molar-refractivity contribution in [3.05, 3.63) is 63.6 Å². The SMILES string of the molecule is Cn1c(C=O)cc(=O)c(OCc2ccccc2)c1C=O. The summed E-state index contributed by atoms with van der Waals surface area (Å²) in [6.45, 7) is 0.178. The highest BCUT2D eigenvalue weighted by atomic mass is 16.5. The molecule has 0 fully saturated rings. The average Bonchev–Trinajstić information content (AvgIpc) is 2.48. The minimum absolute atomic E-state index is 0.0445. The highest BCUT2D eigenvalue weighted by Gasteiger charge is 2.14. The van der Waals surface area contributed by atoms with Crippen molar-refractivity contribution < 1.29 is 14.3 Å². The van der Waals surface area contributed by atoms with Gasteiger partial charge in [0.2, 0.25) is 5.43 Å². The van der Waals surface area contributed by atoms with Crippen LogP contribution >= 0.6 is 0 Å². The molecule has 102 valence electrons. The van der Waals surface area contributed by atoms with E-state index < -0.39 is 5.43 Å². The van der Waals surface area contributed by atoms with Crippen LogP contribution < -0.4 is 10.2 Å². The zero-order chi connectivity index (χ0) is 14.5. The van der Waals surface area contributed by atoms with Gasteiger partial charge in [-0.3, -0.25) is 14.4 Å². The lowest BCUT2D eigenvalue weighted by atomic mass is 10.2. The highest BCUT2D eigenvalue weighted by Crippen LogP contribution is 2.14. The molecule has 0 aliphatic heterocycles. The number of aldehydes is 2. The molecule has 5 heteroatoms. The molecule has 0 saturated carbocycles. The van der Waals surface area contributed by atoms with E-state index in [0.717, 1.165) is 11.6 Å². The molecule has 0 aliphatic carbocycles. The number of hydrogen-bond acceptors (Lipinski definition) is 4. The lowest BCUT2D eigenvalue weighted by molar-refractivity contribution is 0.110. The number of nitrogens with zero attached hydrogens (tertiary/aromatic N) is 1. The number of pyridine rings is 1. The maximum absolute atomic E-state index is 11.9. The number of carbonyl (C=O) groups is 2. The maximum atomic E-state index is 11.9. The van der Waals surface area contributed by atoms with Crippen LogP contribution in [0.4, 0.5) is 0 Å². The van der Waals surface area contributed by atoms with Crippen molar-refractivity contribution in [2.45, 2.75) is 6.61 Å². The normalized spacial score (nSPS) is 10.1. The van der Waals surface area contributed by atoms with Gasteiger partial charge in [-0.15, -0.1) is 0 Å². The lowest BCUT2D eigenvalue weighted by Gasteiger charge is -2.12. The predicted molar refractivity (Wildman–Crippen MR) is 73.2 cm³/mol. The number of aromatic nitrogens is 1. The number of benzene rings is 1. The molecule has 5 nitrogen and oxygen atoms in total. The number of carbonyl (C=O) groups excluding carboxylic acids is 2. The molecule has 0 atom stereocenters. The Morgan fingerprint density at radius 1 is 1.15 bits per heavy atom. The first-order valence-corrected chi connectivity index (χ1v) is 5.98. The molecular weight excluding hydrogens is 258 g/mol. The van der Waals surface area contributed by atoms with E-state index in [0.29, 0.717) is 12.6 Å². The van der Waals surface area contributed by atoms with E-state index in [-0.39, 0.29) is 23.7 Å². The molecule has 1 aromatic carbocycles. The standard InChI is InChI=1S/C15H13NO4/c1-16-12(8-17)7-14(19)15(13(16)9-18)20-10-11-5-3-2-4-6-11/h2-9H,10H2,1H3. The molecule has 0 aliphatic rings. The Morgan fingerprint density at radius 3 is 2.45 bits per heavy atom. The van der Waals surface area contributed by atoms with Gasteiger partial charge < -0.3 is 9.30 Å². The van der Waals surface area contributed by atoms with Crippen LogP contribution in [0.2, 0.25) is 0 Å². The Morgan fingerprint density at radius 2 is 1.85 bits per heavy atom. The van der Waals surface area contributed by atoms with Gasteiger partial charge in [-0.1, -0.05) is 30.3 Å². The van der Waals surface area contributed by atoms with Crippen molar-refractivity contribution in [1.29, 1.82) is 0 Å². The Bertz CT molecular complexity index is 689. The lowest BCUT2D eigenvalue weighted by Crippen LogP contribution is -2.18. The van der Waals surface area contributed by atoms with Crippen molar-refractivity contribution in [2.24, 2.45) is 7.05 Å². The molecule has 2 rings (SSSR count). The first-order chi connectivity index (χ1) is 9.67. The summed E-state index contributed by atoms with van der Waals surface area (Å²) in [4.78, 5) is 33.8. The zero-order valence-electron chi connectivity index (χ0n) is 10.9. The molecule has 0 N–H and O–H groups in total. The molecule has 0 unspecified atom stereocenters. The summed E-state index contributed by atoms with van der Waals surface area (Å²) in [6.07, 6.45) is 1.03. The Kier molecular flexibility index (Phi) is 4.10. The van der Waals surface area contributed by atoms with Gasteiger partial charge in [-0.05, 0) is 5.56 Å². The molecule has 0 saturated heterocycles. The van der Waals surface area contributed by atoms with E-state index in [2.05, 4.69) is 0 Å². The fraction of sp³-hybridized carbons (Fsp3) is 0.133. The van der Waals surface area contributed by atoms with Crippen LogP contribution in [0.25, 0.3) is 0 Å². The van der Waals surface area contributed by atoms with E-state index in [9.17, 15) is 14.4 Å². The molecule has 0 amide bonds. The van der Waals surface area contributed by atoms with Crippen molar-refractivity contribution in [1.82, 2.24) is 4.57 Å². The molecule has 1 aromatic heterocycles. The Balaban J connectivity index is 2.37. The second-order valence-electron chi connectivity index (χ2n) is 4.22. The maximum Gasteiger partial charge on any atom is 0.224 e. The first kappa shape index (κ1) is 13.7. The number of hydrogen-bond donors (Lipinski definition) is 0. The highest BCUT2D eigenvalue weighted by molar-refractivity contribution is 5.80. The van der Waals surface area contributed by atoms with Crippen LogP contribution in [0.15, 0.2) is 41.2 Å². The average molecular weight is 271 g/mol. The summed E-state index contributed by atoms with van der Waals surface area (Å²) in [6, 6.07) is 10.4. The van der Waals surface area contributed by atoms with Crippen molar-refractivity contribution in [2.75, 3.05) is 0 Å². The van der Waals surface area contributed by atoms with Gasteiger partial charge in [0.1, 0.15) is 12.3 Å². The van der Waals surface area contributed by atoms with Crippen LogP contribution in [0.3, 0.4) is 0 Å². The van der Waals surface area contributed by atoms with Crippen molar-refractivity contribution >= 4 is 12.6 Å². The second kappa shape index (κ2) is 5.97. The molecule has 20 heavy (non-hydrogen) atoms. The zero-order valence-corrected chi connectivity index (χ0v) is 10.9. The van der Waals surface area contributed by atoms with E-state index in [1.54, 1.807) is 0 Å². The monoisotopic (exact) mass is 271 g/mol. The smallest absolute Gasteiger partial charge is 0.224 e. The van der Waals surface area contributed by atoms with Gasteiger partial charge in [0.25, 0.3) is 0 Å². The summed E-state index contributed by atoms with van der Waals surface area (Å²) in [5.74, 6) is -0.0445.